The summed E-state index contributed by atoms with van der Waals surface area (Å²) in [7, 11) is -3.80. The van der Waals surface area contributed by atoms with E-state index in [-0.39, 0.29) is 16.9 Å². The summed E-state index contributed by atoms with van der Waals surface area (Å²) < 4.78 is 49.8. The molecule has 0 heterocycles. The monoisotopic (exact) mass is 264 g/mol. The number of rotatable bonds is 4. The SMILES string of the molecule is CCC(O)CS(=O)(=O)c1ccc(F)c(F)c1C. The molecule has 1 aromatic carbocycles. The van der Waals surface area contributed by atoms with Crippen LogP contribution in [0.5, 0.6) is 0 Å². The van der Waals surface area contributed by atoms with Gasteiger partial charge in [0.1, 0.15) is 0 Å². The molecule has 1 N–H and O–H groups in total. The van der Waals surface area contributed by atoms with Crippen LogP contribution in [0.15, 0.2) is 17.0 Å². The second kappa shape index (κ2) is 5.10. The minimum atomic E-state index is -3.80. The maximum Gasteiger partial charge on any atom is 0.181 e. The maximum absolute atomic E-state index is 13.2. The van der Waals surface area contributed by atoms with E-state index in [0.29, 0.717) is 0 Å². The van der Waals surface area contributed by atoms with Gasteiger partial charge in [-0.3, -0.25) is 0 Å². The van der Waals surface area contributed by atoms with Gasteiger partial charge < -0.3 is 5.11 Å². The van der Waals surface area contributed by atoms with Crippen molar-refractivity contribution < 1.29 is 22.3 Å². The molecule has 0 saturated heterocycles. The third kappa shape index (κ3) is 3.01. The van der Waals surface area contributed by atoms with E-state index in [2.05, 4.69) is 0 Å². The van der Waals surface area contributed by atoms with Crippen LogP contribution in [0.3, 0.4) is 0 Å². The van der Waals surface area contributed by atoms with Gasteiger partial charge in [-0.05, 0) is 25.5 Å². The number of sulfone groups is 1. The molecule has 1 rings (SSSR count). The number of halogens is 2. The van der Waals surface area contributed by atoms with Crippen LogP contribution in [0.1, 0.15) is 18.9 Å². The molecule has 0 aromatic heterocycles. The zero-order valence-corrected chi connectivity index (χ0v) is 10.4. The summed E-state index contributed by atoms with van der Waals surface area (Å²) in [6.45, 7) is 2.84. The van der Waals surface area contributed by atoms with Crippen LogP contribution < -0.4 is 0 Å². The largest absolute Gasteiger partial charge is 0.392 e. The van der Waals surface area contributed by atoms with E-state index in [1.807, 2.05) is 0 Å². The summed E-state index contributed by atoms with van der Waals surface area (Å²) in [6, 6.07) is 1.79. The van der Waals surface area contributed by atoms with Gasteiger partial charge in [0.15, 0.2) is 21.5 Å². The molecule has 0 bridgehead atoms. The van der Waals surface area contributed by atoms with Crippen molar-refractivity contribution >= 4 is 9.84 Å². The van der Waals surface area contributed by atoms with Gasteiger partial charge in [-0.2, -0.15) is 0 Å². The Labute approximate surface area is 99.0 Å². The molecule has 0 aliphatic carbocycles. The van der Waals surface area contributed by atoms with Gasteiger partial charge in [0.05, 0.1) is 16.8 Å². The molecule has 96 valence electrons. The Hall–Kier alpha value is -1.01. The molecule has 0 radical (unpaired) electrons. The minimum Gasteiger partial charge on any atom is -0.392 e. The van der Waals surface area contributed by atoms with Crippen LogP contribution >= 0.6 is 0 Å². The lowest BCUT2D eigenvalue weighted by atomic mass is 10.2. The van der Waals surface area contributed by atoms with Gasteiger partial charge in [0.2, 0.25) is 0 Å². The van der Waals surface area contributed by atoms with Crippen LogP contribution in [0.2, 0.25) is 0 Å². The van der Waals surface area contributed by atoms with Gasteiger partial charge in [0.25, 0.3) is 0 Å². The highest BCUT2D eigenvalue weighted by Gasteiger charge is 2.23. The maximum atomic E-state index is 13.2. The first-order valence-corrected chi connectivity index (χ1v) is 6.80. The van der Waals surface area contributed by atoms with Gasteiger partial charge in [0, 0.05) is 5.56 Å². The molecule has 0 aliphatic heterocycles. The van der Waals surface area contributed by atoms with Crippen molar-refractivity contribution in [2.45, 2.75) is 31.3 Å². The standard InChI is InChI=1S/C11H14F2O3S/c1-3-8(14)6-17(15,16)10-5-4-9(12)11(13)7(10)2/h4-5,8,14H,3,6H2,1-2H3. The summed E-state index contributed by atoms with van der Waals surface area (Å²) >= 11 is 0. The Bertz CT molecular complexity index is 512. The number of aliphatic hydroxyl groups is 1. The first kappa shape index (κ1) is 14.1. The van der Waals surface area contributed by atoms with Crippen LogP contribution in [0.4, 0.5) is 8.78 Å². The lowest BCUT2D eigenvalue weighted by Gasteiger charge is -2.11. The van der Waals surface area contributed by atoms with Crippen molar-refractivity contribution in [3.8, 4) is 0 Å². The third-order valence-corrected chi connectivity index (χ3v) is 4.44. The van der Waals surface area contributed by atoms with E-state index in [0.717, 1.165) is 12.1 Å². The van der Waals surface area contributed by atoms with Crippen LogP contribution in [-0.2, 0) is 9.84 Å². The van der Waals surface area contributed by atoms with Crippen LogP contribution in [-0.4, -0.2) is 25.4 Å². The van der Waals surface area contributed by atoms with E-state index < -0.39 is 33.3 Å². The van der Waals surface area contributed by atoms with Crippen molar-refractivity contribution in [3.63, 3.8) is 0 Å². The topological polar surface area (TPSA) is 54.4 Å². The molecule has 3 nitrogen and oxygen atoms in total. The van der Waals surface area contributed by atoms with Gasteiger partial charge in [-0.15, -0.1) is 0 Å². The third-order valence-electron chi connectivity index (χ3n) is 2.51. The lowest BCUT2D eigenvalue weighted by molar-refractivity contribution is 0.193. The molecular formula is C11H14F2O3S. The predicted octanol–water partition coefficient (Wildman–Crippen LogP) is 1.82. The lowest BCUT2D eigenvalue weighted by Crippen LogP contribution is -2.21. The van der Waals surface area contributed by atoms with Gasteiger partial charge in [-0.25, -0.2) is 17.2 Å². The fourth-order valence-corrected chi connectivity index (χ4v) is 3.19. The first-order chi connectivity index (χ1) is 7.79. The molecule has 6 heteroatoms. The highest BCUT2D eigenvalue weighted by molar-refractivity contribution is 7.91. The number of aliphatic hydroxyl groups excluding tert-OH is 1. The van der Waals surface area contributed by atoms with Crippen LogP contribution in [0, 0.1) is 18.6 Å². The molecular weight excluding hydrogens is 250 g/mol. The molecule has 1 atom stereocenters. The van der Waals surface area contributed by atoms with E-state index in [1.165, 1.54) is 6.92 Å². The van der Waals surface area contributed by atoms with Crippen molar-refractivity contribution in [1.29, 1.82) is 0 Å². The Morgan fingerprint density at radius 2 is 1.94 bits per heavy atom. The summed E-state index contributed by atoms with van der Waals surface area (Å²) in [4.78, 5) is -0.274. The summed E-state index contributed by atoms with van der Waals surface area (Å²) in [6.07, 6.45) is -0.727. The molecule has 17 heavy (non-hydrogen) atoms. The average molecular weight is 264 g/mol. The second-order valence-corrected chi connectivity index (χ2v) is 5.83. The highest BCUT2D eigenvalue weighted by Crippen LogP contribution is 2.22. The molecule has 0 fully saturated rings. The van der Waals surface area contributed by atoms with E-state index in [1.54, 1.807) is 6.92 Å². The predicted molar refractivity (Wildman–Crippen MR) is 59.4 cm³/mol. The molecule has 0 amide bonds. The van der Waals surface area contributed by atoms with Crippen molar-refractivity contribution in [2.75, 3.05) is 5.75 Å². The van der Waals surface area contributed by atoms with E-state index in [9.17, 15) is 22.3 Å². The van der Waals surface area contributed by atoms with Crippen molar-refractivity contribution in [1.82, 2.24) is 0 Å². The molecule has 0 spiro atoms. The fraction of sp³-hybridized carbons (Fsp3) is 0.455. The molecule has 1 unspecified atom stereocenters. The summed E-state index contributed by atoms with van der Waals surface area (Å²) in [5, 5.41) is 9.32. The number of hydrogen-bond acceptors (Lipinski definition) is 3. The van der Waals surface area contributed by atoms with Crippen molar-refractivity contribution in [3.05, 3.63) is 29.3 Å². The number of hydrogen-bond donors (Lipinski definition) is 1. The second-order valence-electron chi connectivity index (χ2n) is 3.83. The summed E-state index contributed by atoms with van der Waals surface area (Å²) in [5.74, 6) is -2.75. The van der Waals surface area contributed by atoms with Crippen molar-refractivity contribution in [2.24, 2.45) is 0 Å². The van der Waals surface area contributed by atoms with Gasteiger partial charge in [-0.1, -0.05) is 6.92 Å². The highest BCUT2D eigenvalue weighted by atomic mass is 32.2. The van der Waals surface area contributed by atoms with E-state index >= 15 is 0 Å². The van der Waals surface area contributed by atoms with Crippen LogP contribution in [0.25, 0.3) is 0 Å². The fourth-order valence-electron chi connectivity index (χ4n) is 1.43. The first-order valence-electron chi connectivity index (χ1n) is 5.15. The molecule has 0 aliphatic rings. The normalized spacial score (nSPS) is 13.7. The molecule has 0 saturated carbocycles. The number of benzene rings is 1. The summed E-state index contributed by atoms with van der Waals surface area (Å²) in [5.41, 5.74) is -0.256. The van der Waals surface area contributed by atoms with E-state index in [4.69, 9.17) is 0 Å². The minimum absolute atomic E-state index is 0.256. The Morgan fingerprint density at radius 3 is 2.47 bits per heavy atom. The van der Waals surface area contributed by atoms with Gasteiger partial charge >= 0.3 is 0 Å². The zero-order chi connectivity index (χ0) is 13.2. The Balaban J connectivity index is 3.21. The Morgan fingerprint density at radius 1 is 1.35 bits per heavy atom. The zero-order valence-electron chi connectivity index (χ0n) is 9.57. The molecule has 1 aromatic rings. The Kier molecular flexibility index (Phi) is 4.21. The average Bonchev–Trinajstić information content (AvgIpc) is 2.24. The smallest absolute Gasteiger partial charge is 0.181 e. The quantitative estimate of drug-likeness (QED) is 0.844.